The lowest BCUT2D eigenvalue weighted by molar-refractivity contribution is 0.0688. The Bertz CT molecular complexity index is 1160. The average Bonchev–Trinajstić information content (AvgIpc) is 3.35. The van der Waals surface area contributed by atoms with E-state index in [2.05, 4.69) is 30.7 Å². The molecule has 1 atom stereocenters. The number of aryl methyl sites for hydroxylation is 2. The lowest BCUT2D eigenvalue weighted by Gasteiger charge is -2.30. The number of oxime groups is 1. The van der Waals surface area contributed by atoms with Gasteiger partial charge in [0.2, 0.25) is 0 Å². The molecule has 1 aliphatic heterocycles. The number of nitrogens with one attached hydrogen (secondary N) is 2. The first-order valence-electron chi connectivity index (χ1n) is 11.2. The molecule has 0 unspecified atom stereocenters. The minimum absolute atomic E-state index is 0.0132. The molecule has 2 N–H and O–H groups in total. The zero-order valence-corrected chi connectivity index (χ0v) is 21.4. The summed E-state index contributed by atoms with van der Waals surface area (Å²) in [5, 5.41) is 14.4. The molecule has 3 aromatic heterocycles. The molecule has 11 heteroatoms. The van der Waals surface area contributed by atoms with Crippen LogP contribution in [0.3, 0.4) is 0 Å². The molecule has 0 aromatic carbocycles. The highest BCUT2D eigenvalue weighted by molar-refractivity contribution is 7.16. The van der Waals surface area contributed by atoms with Crippen LogP contribution >= 0.6 is 22.7 Å². The van der Waals surface area contributed by atoms with E-state index in [0.717, 1.165) is 45.0 Å². The fourth-order valence-corrected chi connectivity index (χ4v) is 5.76. The maximum atomic E-state index is 13.3. The van der Waals surface area contributed by atoms with E-state index in [1.54, 1.807) is 24.6 Å². The summed E-state index contributed by atoms with van der Waals surface area (Å²) in [5.74, 6) is 0.623. The van der Waals surface area contributed by atoms with Crippen molar-refractivity contribution >= 4 is 45.2 Å². The first-order valence-corrected chi connectivity index (χ1v) is 12.9. The van der Waals surface area contributed by atoms with E-state index in [-0.39, 0.29) is 11.9 Å². The summed E-state index contributed by atoms with van der Waals surface area (Å²) in [6.07, 6.45) is 4.00. The van der Waals surface area contributed by atoms with Crippen LogP contribution in [-0.2, 0) is 4.84 Å². The molecule has 34 heavy (non-hydrogen) atoms. The number of carbonyl (C=O) groups excluding carboxylic acids is 1. The van der Waals surface area contributed by atoms with Crippen molar-refractivity contribution in [3.63, 3.8) is 0 Å². The van der Waals surface area contributed by atoms with Gasteiger partial charge < -0.3 is 20.4 Å². The summed E-state index contributed by atoms with van der Waals surface area (Å²) in [6, 6.07) is 3.65. The maximum absolute atomic E-state index is 13.3. The van der Waals surface area contributed by atoms with Crippen LogP contribution in [0.15, 0.2) is 28.9 Å². The van der Waals surface area contributed by atoms with E-state index >= 15 is 0 Å². The van der Waals surface area contributed by atoms with E-state index in [1.165, 1.54) is 11.3 Å². The Morgan fingerprint density at radius 1 is 1.32 bits per heavy atom. The second-order valence-corrected chi connectivity index (χ2v) is 10.2. The number of aromatic nitrogens is 3. The third kappa shape index (κ3) is 5.60. The van der Waals surface area contributed by atoms with Gasteiger partial charge in [0.25, 0.3) is 5.91 Å². The van der Waals surface area contributed by atoms with Crippen LogP contribution in [0.25, 0.3) is 10.6 Å². The van der Waals surface area contributed by atoms with E-state index in [1.807, 2.05) is 43.3 Å². The Morgan fingerprint density at radius 2 is 2.18 bits per heavy atom. The molecule has 0 aliphatic carbocycles. The highest BCUT2D eigenvalue weighted by Crippen LogP contribution is 2.32. The molecule has 0 spiro atoms. The molecular weight excluding hydrogens is 470 g/mol. The number of pyridine rings is 1. The van der Waals surface area contributed by atoms with Gasteiger partial charge in [-0.1, -0.05) is 5.16 Å². The first-order chi connectivity index (χ1) is 16.5. The molecule has 0 radical (unpaired) electrons. The molecular formula is C23H29N7O2S2. The van der Waals surface area contributed by atoms with Gasteiger partial charge >= 0.3 is 0 Å². The molecule has 1 saturated heterocycles. The van der Waals surface area contributed by atoms with Crippen molar-refractivity contribution in [2.75, 3.05) is 32.6 Å². The Balaban J connectivity index is 1.45. The Hall–Kier alpha value is -2.89. The van der Waals surface area contributed by atoms with Crippen molar-refractivity contribution in [2.45, 2.75) is 39.2 Å². The number of thiazole rings is 2. The Labute approximate surface area is 207 Å². The van der Waals surface area contributed by atoms with Gasteiger partial charge in [-0.15, -0.1) is 22.7 Å². The number of hydrogen-bond donors (Lipinski definition) is 2. The second kappa shape index (κ2) is 11.0. The van der Waals surface area contributed by atoms with Crippen LogP contribution in [-0.4, -0.2) is 64.8 Å². The Morgan fingerprint density at radius 3 is 2.85 bits per heavy atom. The number of hydrogen-bond acceptors (Lipinski definition) is 10. The van der Waals surface area contributed by atoms with Crippen molar-refractivity contribution in [2.24, 2.45) is 5.16 Å². The summed E-state index contributed by atoms with van der Waals surface area (Å²) in [4.78, 5) is 34.9. The van der Waals surface area contributed by atoms with Gasteiger partial charge in [0, 0.05) is 37.1 Å². The van der Waals surface area contributed by atoms with Crippen LogP contribution in [0.1, 0.15) is 40.3 Å². The molecule has 9 nitrogen and oxygen atoms in total. The van der Waals surface area contributed by atoms with Crippen molar-refractivity contribution < 1.29 is 9.63 Å². The monoisotopic (exact) mass is 499 g/mol. The van der Waals surface area contributed by atoms with Crippen LogP contribution in [0.4, 0.5) is 10.9 Å². The molecule has 1 fully saturated rings. The lowest BCUT2D eigenvalue weighted by Crippen LogP contribution is -2.45. The molecule has 1 amide bonds. The number of anilines is 2. The van der Waals surface area contributed by atoms with Gasteiger partial charge in [-0.05, 0) is 45.9 Å². The van der Waals surface area contributed by atoms with Gasteiger partial charge in [-0.3, -0.25) is 4.79 Å². The number of likely N-dealkylation sites (N-methyl/N-ethyl adjacent to an activating group) is 1. The Kier molecular flexibility index (Phi) is 7.86. The third-order valence-electron chi connectivity index (χ3n) is 5.58. The molecule has 4 heterocycles. The van der Waals surface area contributed by atoms with Gasteiger partial charge in [-0.2, -0.15) is 0 Å². The van der Waals surface area contributed by atoms with Crippen LogP contribution < -0.4 is 10.6 Å². The SMILES string of the molecule is CNC[C@H]1C/C(=N/OC)CCCN1C(=O)c1ccc(Nc2nc(-c3sc(C)nc3C)cs2)nc1. The van der Waals surface area contributed by atoms with Crippen LogP contribution in [0.2, 0.25) is 0 Å². The van der Waals surface area contributed by atoms with Crippen molar-refractivity contribution in [3.05, 3.63) is 40.0 Å². The first kappa shape index (κ1) is 24.2. The van der Waals surface area contributed by atoms with E-state index in [4.69, 9.17) is 4.84 Å². The number of rotatable bonds is 7. The fraction of sp³-hybridized carbons (Fsp3) is 0.435. The number of carbonyl (C=O) groups is 1. The van der Waals surface area contributed by atoms with E-state index < -0.39 is 0 Å². The second-order valence-electron chi connectivity index (χ2n) is 8.10. The quantitative estimate of drug-likeness (QED) is 0.469. The lowest BCUT2D eigenvalue weighted by atomic mass is 10.1. The third-order valence-corrected chi connectivity index (χ3v) is 7.44. The summed E-state index contributed by atoms with van der Waals surface area (Å²) in [6.45, 7) is 5.36. The predicted molar refractivity (Wildman–Crippen MR) is 137 cm³/mol. The molecule has 0 saturated carbocycles. The van der Waals surface area contributed by atoms with E-state index in [0.29, 0.717) is 30.9 Å². The van der Waals surface area contributed by atoms with Crippen molar-refractivity contribution in [3.8, 4) is 10.6 Å². The minimum atomic E-state index is -0.0226. The summed E-state index contributed by atoms with van der Waals surface area (Å²) < 4.78 is 0. The summed E-state index contributed by atoms with van der Waals surface area (Å²) in [5.41, 5.74) is 3.46. The summed E-state index contributed by atoms with van der Waals surface area (Å²) in [7, 11) is 3.45. The van der Waals surface area contributed by atoms with Crippen LogP contribution in [0.5, 0.6) is 0 Å². The summed E-state index contributed by atoms with van der Waals surface area (Å²) >= 11 is 3.16. The molecule has 3 aromatic rings. The number of likely N-dealkylation sites (tertiary alicyclic amines) is 1. The van der Waals surface area contributed by atoms with Gasteiger partial charge in [-0.25, -0.2) is 15.0 Å². The standard InChI is InChI=1S/C23H29N7O2S2/c1-14-21(34-15(2)26-14)19-13-33-23(27-19)28-20-8-7-16(11-25-20)22(31)30-9-5-6-17(29-32-4)10-18(30)12-24-3/h7-8,11,13,18,24H,5-6,9-10,12H2,1-4H3,(H,25,27,28)/b29-17+/t18-/m1/s1. The average molecular weight is 500 g/mol. The van der Waals surface area contributed by atoms with Crippen LogP contribution in [0, 0.1) is 13.8 Å². The molecule has 180 valence electrons. The zero-order chi connectivity index (χ0) is 24.1. The van der Waals surface area contributed by atoms with Crippen molar-refractivity contribution in [1.29, 1.82) is 0 Å². The topological polar surface area (TPSA) is 105 Å². The molecule has 4 rings (SSSR count). The van der Waals surface area contributed by atoms with E-state index in [9.17, 15) is 4.79 Å². The number of nitrogens with zero attached hydrogens (tertiary/aromatic N) is 5. The number of amides is 1. The minimum Gasteiger partial charge on any atom is -0.399 e. The smallest absolute Gasteiger partial charge is 0.255 e. The largest absolute Gasteiger partial charge is 0.399 e. The fourth-order valence-electron chi connectivity index (χ4n) is 4.09. The van der Waals surface area contributed by atoms with Gasteiger partial charge in [0.15, 0.2) is 5.13 Å². The zero-order valence-electron chi connectivity index (χ0n) is 19.8. The molecule has 0 bridgehead atoms. The predicted octanol–water partition coefficient (Wildman–Crippen LogP) is 4.24. The maximum Gasteiger partial charge on any atom is 0.255 e. The van der Waals surface area contributed by atoms with Gasteiger partial charge in [0.1, 0.15) is 12.9 Å². The van der Waals surface area contributed by atoms with Crippen molar-refractivity contribution in [1.82, 2.24) is 25.2 Å². The highest BCUT2D eigenvalue weighted by atomic mass is 32.1. The highest BCUT2D eigenvalue weighted by Gasteiger charge is 2.28. The van der Waals surface area contributed by atoms with Gasteiger partial charge in [0.05, 0.1) is 32.5 Å². The normalized spacial score (nSPS) is 17.6. The molecule has 1 aliphatic rings.